The second kappa shape index (κ2) is 12.8. The van der Waals surface area contributed by atoms with E-state index < -0.39 is 71.3 Å². The molecule has 0 aliphatic rings. The molecule has 0 radical (unpaired) electrons. The number of aromatic hydroxyl groups is 4. The number of phenols is 4. The summed E-state index contributed by atoms with van der Waals surface area (Å²) in [7, 11) is 0. The number of hydrogen-bond donors (Lipinski definition) is 8. The normalized spacial score (nSPS) is 14.5. The van der Waals surface area contributed by atoms with Crippen LogP contribution in [0.1, 0.15) is 11.1 Å². The van der Waals surface area contributed by atoms with E-state index in [-0.39, 0.29) is 11.1 Å². The van der Waals surface area contributed by atoms with Gasteiger partial charge in [0, 0.05) is 12.2 Å². The number of hydrogen-bond acceptors (Lipinski definition) is 12. The van der Waals surface area contributed by atoms with Crippen molar-refractivity contribution in [3.63, 3.8) is 0 Å². The second-order valence-electron chi connectivity index (χ2n) is 7.53. The van der Waals surface area contributed by atoms with Gasteiger partial charge in [0.15, 0.2) is 35.2 Å². The number of carboxylic acids is 2. The first kappa shape index (κ1) is 29.2. The standard InChI is InChI=1S/C24H22O14/c25-13-5-1-11(9-15(13)27)3-7-17(29)37-21(20(32)23(33)34)19(31)22(24(35)36)38-18(30)8-4-12-2-6-14(26)16(28)10-12/h1-10,19-22,25-28,31-32H,(H,33,34)(H,35,36)/b7-3+,8-4-/t19-,20+,21+,22+/m1/s1. The summed E-state index contributed by atoms with van der Waals surface area (Å²) in [5.41, 5.74) is 0.366. The Hall–Kier alpha value is -5.08. The maximum atomic E-state index is 12.2. The highest BCUT2D eigenvalue weighted by atomic mass is 16.6. The zero-order valence-corrected chi connectivity index (χ0v) is 19.1. The molecule has 2 aromatic rings. The summed E-state index contributed by atoms with van der Waals surface area (Å²) in [6, 6.07) is 6.90. The number of ether oxygens (including phenoxy) is 2. The van der Waals surface area contributed by atoms with Gasteiger partial charge in [0.1, 0.15) is 6.10 Å². The van der Waals surface area contributed by atoms with Crippen LogP contribution in [0.15, 0.2) is 48.6 Å². The summed E-state index contributed by atoms with van der Waals surface area (Å²) in [4.78, 5) is 47.2. The van der Waals surface area contributed by atoms with Crippen molar-refractivity contribution in [2.24, 2.45) is 0 Å². The van der Waals surface area contributed by atoms with Crippen molar-refractivity contribution >= 4 is 36.0 Å². The zero-order valence-electron chi connectivity index (χ0n) is 19.1. The van der Waals surface area contributed by atoms with E-state index in [2.05, 4.69) is 4.74 Å². The number of carbonyl (C=O) groups excluding carboxylic acids is 2. The van der Waals surface area contributed by atoms with Gasteiger partial charge in [-0.1, -0.05) is 12.1 Å². The number of aliphatic hydroxyl groups excluding tert-OH is 2. The molecule has 0 unspecified atom stereocenters. The minimum Gasteiger partial charge on any atom is -0.504 e. The third-order valence-electron chi connectivity index (χ3n) is 4.77. The number of carbonyl (C=O) groups is 4. The number of rotatable bonds is 11. The van der Waals surface area contributed by atoms with Gasteiger partial charge in [0.2, 0.25) is 6.10 Å². The lowest BCUT2D eigenvalue weighted by molar-refractivity contribution is -0.190. The van der Waals surface area contributed by atoms with Crippen LogP contribution >= 0.6 is 0 Å². The maximum Gasteiger partial charge on any atom is 0.347 e. The lowest BCUT2D eigenvalue weighted by Crippen LogP contribution is -2.53. The molecule has 14 nitrogen and oxygen atoms in total. The van der Waals surface area contributed by atoms with Gasteiger partial charge in [-0.25, -0.2) is 19.2 Å². The number of benzene rings is 2. The van der Waals surface area contributed by atoms with Crippen LogP contribution in [-0.2, 0) is 28.7 Å². The molecule has 0 saturated heterocycles. The summed E-state index contributed by atoms with van der Waals surface area (Å²) in [5, 5.41) is 76.4. The largest absolute Gasteiger partial charge is 0.504 e. The average Bonchev–Trinajstić information content (AvgIpc) is 2.86. The summed E-state index contributed by atoms with van der Waals surface area (Å²) in [6.45, 7) is 0. The Morgan fingerprint density at radius 3 is 1.50 bits per heavy atom. The van der Waals surface area contributed by atoms with Crippen LogP contribution in [0, 0.1) is 0 Å². The van der Waals surface area contributed by atoms with E-state index in [1.165, 1.54) is 12.1 Å². The third-order valence-corrected chi connectivity index (χ3v) is 4.77. The van der Waals surface area contributed by atoms with Gasteiger partial charge in [0.05, 0.1) is 0 Å². The van der Waals surface area contributed by atoms with Crippen LogP contribution in [0.25, 0.3) is 12.2 Å². The van der Waals surface area contributed by atoms with E-state index in [0.717, 1.165) is 36.4 Å². The van der Waals surface area contributed by atoms with Crippen LogP contribution in [0.5, 0.6) is 23.0 Å². The molecule has 0 heterocycles. The van der Waals surface area contributed by atoms with Crippen molar-refractivity contribution < 1.29 is 69.5 Å². The van der Waals surface area contributed by atoms with Crippen LogP contribution in [0.2, 0.25) is 0 Å². The molecule has 0 fully saturated rings. The molecule has 4 atom stereocenters. The maximum absolute atomic E-state index is 12.2. The van der Waals surface area contributed by atoms with Gasteiger partial charge in [-0.05, 0) is 47.5 Å². The summed E-state index contributed by atoms with van der Waals surface area (Å²) >= 11 is 0. The van der Waals surface area contributed by atoms with Crippen LogP contribution in [0.3, 0.4) is 0 Å². The molecule has 0 aromatic heterocycles. The number of aliphatic hydroxyl groups is 2. The Bertz CT molecular complexity index is 1260. The second-order valence-corrected chi connectivity index (χ2v) is 7.53. The highest BCUT2D eigenvalue weighted by Crippen LogP contribution is 2.26. The molecule has 2 rings (SSSR count). The number of aliphatic carboxylic acids is 2. The van der Waals surface area contributed by atoms with Crippen LogP contribution in [0.4, 0.5) is 0 Å². The molecule has 8 N–H and O–H groups in total. The lowest BCUT2D eigenvalue weighted by Gasteiger charge is -2.28. The summed E-state index contributed by atoms with van der Waals surface area (Å²) in [5.74, 6) is -8.60. The molecular weight excluding hydrogens is 512 g/mol. The van der Waals surface area contributed by atoms with E-state index in [1.54, 1.807) is 0 Å². The van der Waals surface area contributed by atoms with Gasteiger partial charge in [0.25, 0.3) is 0 Å². The van der Waals surface area contributed by atoms with E-state index in [4.69, 9.17) is 9.84 Å². The third kappa shape index (κ3) is 7.97. The fourth-order valence-electron chi connectivity index (χ4n) is 2.85. The van der Waals surface area contributed by atoms with E-state index in [9.17, 15) is 54.9 Å². The minimum atomic E-state index is -2.64. The van der Waals surface area contributed by atoms with E-state index >= 15 is 0 Å². The molecular formula is C24H22O14. The predicted molar refractivity (Wildman–Crippen MR) is 125 cm³/mol. The van der Waals surface area contributed by atoms with E-state index in [1.807, 2.05) is 0 Å². The van der Waals surface area contributed by atoms with Gasteiger partial charge < -0.3 is 50.3 Å². The highest BCUT2D eigenvalue weighted by Gasteiger charge is 2.44. The van der Waals surface area contributed by atoms with Crippen molar-refractivity contribution in [1.82, 2.24) is 0 Å². The smallest absolute Gasteiger partial charge is 0.347 e. The van der Waals surface area contributed by atoms with Crippen molar-refractivity contribution in [2.45, 2.75) is 24.4 Å². The molecule has 0 amide bonds. The molecule has 0 saturated carbocycles. The Morgan fingerprint density at radius 1 is 0.658 bits per heavy atom. The number of phenolic OH excluding ortho intramolecular Hbond substituents is 4. The quantitative estimate of drug-likeness (QED) is 0.107. The minimum absolute atomic E-state index is 0.180. The monoisotopic (exact) mass is 534 g/mol. The summed E-state index contributed by atoms with van der Waals surface area (Å²) in [6.07, 6.45) is -6.65. The Balaban J connectivity index is 2.20. The molecule has 202 valence electrons. The van der Waals surface area contributed by atoms with Gasteiger partial charge in [-0.3, -0.25) is 0 Å². The molecule has 14 heteroatoms. The predicted octanol–water partition coefficient (Wildman–Crippen LogP) is -0.0498. The molecule has 38 heavy (non-hydrogen) atoms. The fraction of sp³-hybridized carbons (Fsp3) is 0.167. The average molecular weight is 534 g/mol. The molecule has 2 aromatic carbocycles. The van der Waals surface area contributed by atoms with Gasteiger partial charge in [-0.15, -0.1) is 0 Å². The molecule has 0 bridgehead atoms. The zero-order chi connectivity index (χ0) is 28.6. The fourth-order valence-corrected chi connectivity index (χ4v) is 2.85. The Kier molecular flexibility index (Phi) is 9.78. The topological polar surface area (TPSA) is 249 Å². The molecule has 0 spiro atoms. The van der Waals surface area contributed by atoms with Crippen LogP contribution in [-0.4, -0.2) is 89.1 Å². The first-order chi connectivity index (χ1) is 17.8. The van der Waals surface area contributed by atoms with Crippen LogP contribution < -0.4 is 0 Å². The Labute approximate surface area is 213 Å². The van der Waals surface area contributed by atoms with Gasteiger partial charge >= 0.3 is 23.9 Å². The van der Waals surface area contributed by atoms with Crippen molar-refractivity contribution in [1.29, 1.82) is 0 Å². The van der Waals surface area contributed by atoms with E-state index in [0.29, 0.717) is 12.2 Å². The lowest BCUT2D eigenvalue weighted by atomic mass is 10.0. The number of esters is 2. The summed E-state index contributed by atoms with van der Waals surface area (Å²) < 4.78 is 9.38. The number of carboxylic acid groups (broad SMARTS) is 2. The van der Waals surface area contributed by atoms with Crippen molar-refractivity contribution in [3.8, 4) is 23.0 Å². The van der Waals surface area contributed by atoms with Crippen molar-refractivity contribution in [2.75, 3.05) is 0 Å². The molecule has 0 aliphatic heterocycles. The van der Waals surface area contributed by atoms with Crippen molar-refractivity contribution in [3.05, 3.63) is 59.7 Å². The first-order valence-corrected chi connectivity index (χ1v) is 10.4. The highest BCUT2D eigenvalue weighted by molar-refractivity contribution is 5.90. The Morgan fingerprint density at radius 2 is 1.11 bits per heavy atom. The van der Waals surface area contributed by atoms with Gasteiger partial charge in [-0.2, -0.15) is 0 Å². The first-order valence-electron chi connectivity index (χ1n) is 10.4. The SMILES string of the molecule is O=C(/C=C\c1ccc(O)c(O)c1)O[C@H](C(=O)O)[C@H](O)[C@H](OC(=O)/C=C/c1ccc(O)c(O)c1)[C@H](O)C(=O)O. The molecule has 0 aliphatic carbocycles.